The first kappa shape index (κ1) is 18.5. The Bertz CT molecular complexity index is 721. The Morgan fingerprint density at radius 2 is 2.08 bits per heavy atom. The lowest BCUT2D eigenvalue weighted by Gasteiger charge is -2.22. The summed E-state index contributed by atoms with van der Waals surface area (Å²) in [6.07, 6.45) is 1.80. The summed E-state index contributed by atoms with van der Waals surface area (Å²) < 4.78 is 4.83. The molecule has 0 saturated heterocycles. The Labute approximate surface area is 146 Å². The minimum atomic E-state index is -0.928. The molecule has 2 N–H and O–H groups in total. The molecule has 1 aliphatic rings. The highest BCUT2D eigenvalue weighted by atomic mass is 16.5. The summed E-state index contributed by atoms with van der Waals surface area (Å²) in [5.41, 5.74) is 0.450. The van der Waals surface area contributed by atoms with Crippen LogP contribution in [0.15, 0.2) is 24.3 Å². The topological polar surface area (TPSA) is 108 Å². The third-order valence-corrected chi connectivity index (χ3v) is 4.06. The van der Waals surface area contributed by atoms with E-state index in [4.69, 9.17) is 4.74 Å². The van der Waals surface area contributed by atoms with Gasteiger partial charge < -0.3 is 15.4 Å². The van der Waals surface area contributed by atoms with Gasteiger partial charge in [-0.3, -0.25) is 14.4 Å². The van der Waals surface area contributed by atoms with Crippen LogP contribution in [0.5, 0.6) is 0 Å². The summed E-state index contributed by atoms with van der Waals surface area (Å²) in [6.45, 7) is 2.70. The van der Waals surface area contributed by atoms with E-state index in [1.807, 2.05) is 13.0 Å². The predicted molar refractivity (Wildman–Crippen MR) is 89.4 cm³/mol. The summed E-state index contributed by atoms with van der Waals surface area (Å²) in [5, 5.41) is 14.2. The second kappa shape index (κ2) is 7.79. The number of nitrogens with zero attached hydrogens (tertiary/aromatic N) is 1. The number of hydrogen-bond acceptors (Lipinski definition) is 5. The van der Waals surface area contributed by atoms with Crippen LogP contribution in [0.3, 0.4) is 0 Å². The molecule has 1 aromatic rings. The van der Waals surface area contributed by atoms with Gasteiger partial charge >= 0.3 is 5.97 Å². The molecule has 0 unspecified atom stereocenters. The van der Waals surface area contributed by atoms with Crippen LogP contribution in [0.4, 0.5) is 0 Å². The highest BCUT2D eigenvalue weighted by Crippen LogP contribution is 2.39. The molecule has 0 aromatic heterocycles. The van der Waals surface area contributed by atoms with Gasteiger partial charge in [-0.05, 0) is 44.7 Å². The van der Waals surface area contributed by atoms with E-state index in [9.17, 15) is 19.6 Å². The minimum absolute atomic E-state index is 0.144. The van der Waals surface area contributed by atoms with Gasteiger partial charge in [0.25, 0.3) is 11.8 Å². The van der Waals surface area contributed by atoms with Gasteiger partial charge in [-0.15, -0.1) is 0 Å². The number of carbonyl (C=O) groups is 3. The molecule has 1 saturated carbocycles. The van der Waals surface area contributed by atoms with Crippen molar-refractivity contribution in [1.29, 1.82) is 5.26 Å². The number of amides is 2. The number of hydrogen-bond donors (Lipinski definition) is 2. The van der Waals surface area contributed by atoms with E-state index in [0.717, 1.165) is 18.4 Å². The van der Waals surface area contributed by atoms with Crippen LogP contribution in [-0.4, -0.2) is 36.5 Å². The van der Waals surface area contributed by atoms with E-state index in [0.29, 0.717) is 5.56 Å². The maximum atomic E-state index is 11.9. The average Bonchev–Trinajstić information content (AvgIpc) is 3.43. The Morgan fingerprint density at radius 1 is 1.36 bits per heavy atom. The minimum Gasteiger partial charge on any atom is -0.454 e. The number of ether oxygens (including phenoxy) is 1. The van der Waals surface area contributed by atoms with Gasteiger partial charge in [0.05, 0.1) is 6.07 Å². The Hall–Kier alpha value is -2.88. The number of nitrogens with one attached hydrogen (secondary N) is 2. The molecule has 7 heteroatoms. The van der Waals surface area contributed by atoms with Gasteiger partial charge in [-0.25, -0.2) is 0 Å². The van der Waals surface area contributed by atoms with Crippen molar-refractivity contribution >= 4 is 17.8 Å². The SMILES string of the molecule is Cc1cccc(C(=O)NCC(=O)OCC(=O)N[C@](C)(C#N)C2CC2)c1. The van der Waals surface area contributed by atoms with Crippen molar-refractivity contribution in [1.82, 2.24) is 10.6 Å². The van der Waals surface area contributed by atoms with Crippen LogP contribution in [0.1, 0.15) is 35.7 Å². The van der Waals surface area contributed by atoms with E-state index in [1.54, 1.807) is 25.1 Å². The van der Waals surface area contributed by atoms with E-state index in [2.05, 4.69) is 16.7 Å². The maximum absolute atomic E-state index is 11.9. The van der Waals surface area contributed by atoms with Crippen LogP contribution in [-0.2, 0) is 14.3 Å². The molecule has 1 fully saturated rings. The van der Waals surface area contributed by atoms with E-state index in [-0.39, 0.29) is 12.5 Å². The molecule has 2 rings (SSSR count). The van der Waals surface area contributed by atoms with Crippen molar-refractivity contribution in [3.05, 3.63) is 35.4 Å². The summed E-state index contributed by atoms with van der Waals surface area (Å²) in [4.78, 5) is 35.4. The fourth-order valence-electron chi connectivity index (χ4n) is 2.45. The van der Waals surface area contributed by atoms with Gasteiger partial charge in [0.2, 0.25) is 0 Å². The van der Waals surface area contributed by atoms with Crippen LogP contribution in [0.25, 0.3) is 0 Å². The standard InChI is InChI=1S/C18H21N3O4/c1-12-4-3-5-13(8-12)17(24)20-9-16(23)25-10-15(22)21-18(2,11-19)14-6-7-14/h3-5,8,14H,6-7,9-10H2,1-2H3,(H,20,24)(H,21,22)/t18-/m1/s1. The van der Waals surface area contributed by atoms with E-state index < -0.39 is 29.9 Å². The van der Waals surface area contributed by atoms with Gasteiger partial charge in [-0.1, -0.05) is 17.7 Å². The molecule has 7 nitrogen and oxygen atoms in total. The predicted octanol–water partition coefficient (Wildman–Crippen LogP) is 1.08. The molecular formula is C18H21N3O4. The number of benzene rings is 1. The summed E-state index contributed by atoms with van der Waals surface area (Å²) in [5.74, 6) is -1.50. The van der Waals surface area contributed by atoms with Crippen LogP contribution in [0.2, 0.25) is 0 Å². The van der Waals surface area contributed by atoms with Crippen LogP contribution < -0.4 is 10.6 Å². The molecule has 2 amide bonds. The fraction of sp³-hybridized carbons (Fsp3) is 0.444. The van der Waals surface area contributed by atoms with Crippen molar-refractivity contribution < 1.29 is 19.1 Å². The molecule has 1 atom stereocenters. The number of aryl methyl sites for hydroxylation is 1. The molecule has 25 heavy (non-hydrogen) atoms. The molecule has 132 valence electrons. The third kappa shape index (κ3) is 5.31. The zero-order chi connectivity index (χ0) is 18.4. The first-order valence-corrected chi connectivity index (χ1v) is 8.07. The number of nitriles is 1. The van der Waals surface area contributed by atoms with Crippen molar-refractivity contribution in [2.24, 2.45) is 5.92 Å². The third-order valence-electron chi connectivity index (χ3n) is 4.06. The molecule has 0 radical (unpaired) electrons. The lowest BCUT2D eigenvalue weighted by Crippen LogP contribution is -2.48. The number of rotatable bonds is 7. The average molecular weight is 343 g/mol. The number of carbonyl (C=O) groups excluding carboxylic acids is 3. The van der Waals surface area contributed by atoms with Gasteiger partial charge in [0.15, 0.2) is 6.61 Å². The fourth-order valence-corrected chi connectivity index (χ4v) is 2.45. The zero-order valence-electron chi connectivity index (χ0n) is 14.3. The highest BCUT2D eigenvalue weighted by Gasteiger charge is 2.43. The van der Waals surface area contributed by atoms with Gasteiger partial charge in [-0.2, -0.15) is 5.26 Å². The van der Waals surface area contributed by atoms with E-state index in [1.165, 1.54) is 0 Å². The lowest BCUT2D eigenvalue weighted by molar-refractivity contribution is -0.147. The van der Waals surface area contributed by atoms with Crippen molar-refractivity contribution in [3.8, 4) is 6.07 Å². The van der Waals surface area contributed by atoms with Crippen LogP contribution in [0, 0.1) is 24.2 Å². The molecule has 0 aliphatic heterocycles. The number of esters is 1. The molecule has 0 bridgehead atoms. The first-order chi connectivity index (χ1) is 11.8. The molecule has 0 heterocycles. The van der Waals surface area contributed by atoms with Gasteiger partial charge in [0.1, 0.15) is 12.1 Å². The lowest BCUT2D eigenvalue weighted by atomic mass is 9.98. The molecular weight excluding hydrogens is 322 g/mol. The Balaban J connectivity index is 1.72. The second-order valence-electron chi connectivity index (χ2n) is 6.35. The zero-order valence-corrected chi connectivity index (χ0v) is 14.3. The second-order valence-corrected chi connectivity index (χ2v) is 6.35. The van der Waals surface area contributed by atoms with Crippen molar-refractivity contribution in [3.63, 3.8) is 0 Å². The van der Waals surface area contributed by atoms with Crippen molar-refractivity contribution in [2.45, 2.75) is 32.2 Å². The quantitative estimate of drug-likeness (QED) is 0.720. The molecule has 1 aromatic carbocycles. The summed E-state index contributed by atoms with van der Waals surface area (Å²) in [6, 6.07) is 9.05. The monoisotopic (exact) mass is 343 g/mol. The van der Waals surface area contributed by atoms with Crippen LogP contribution >= 0.6 is 0 Å². The summed E-state index contributed by atoms with van der Waals surface area (Å²) >= 11 is 0. The normalized spacial score (nSPS) is 15.4. The van der Waals surface area contributed by atoms with E-state index >= 15 is 0 Å². The highest BCUT2D eigenvalue weighted by molar-refractivity contribution is 5.96. The Morgan fingerprint density at radius 3 is 2.68 bits per heavy atom. The first-order valence-electron chi connectivity index (χ1n) is 8.07. The molecule has 0 spiro atoms. The maximum Gasteiger partial charge on any atom is 0.325 e. The van der Waals surface area contributed by atoms with Gasteiger partial charge in [0, 0.05) is 5.56 Å². The Kier molecular flexibility index (Phi) is 5.75. The molecule has 1 aliphatic carbocycles. The summed E-state index contributed by atoms with van der Waals surface area (Å²) in [7, 11) is 0. The van der Waals surface area contributed by atoms with Crippen molar-refractivity contribution in [2.75, 3.05) is 13.2 Å². The smallest absolute Gasteiger partial charge is 0.325 e. The largest absolute Gasteiger partial charge is 0.454 e.